The van der Waals surface area contributed by atoms with Crippen LogP contribution in [0.15, 0.2) is 54.6 Å². The first kappa shape index (κ1) is 23.3. The van der Waals surface area contributed by atoms with Crippen LogP contribution in [0.1, 0.15) is 21.5 Å². The van der Waals surface area contributed by atoms with Crippen molar-refractivity contribution in [2.75, 3.05) is 52.6 Å². The lowest BCUT2D eigenvalue weighted by Crippen LogP contribution is -2.64. The van der Waals surface area contributed by atoms with Gasteiger partial charge in [-0.3, -0.25) is 9.69 Å². The summed E-state index contributed by atoms with van der Waals surface area (Å²) in [7, 11) is -0.444. The zero-order chi connectivity index (χ0) is 22.7. The molecule has 0 bridgehead atoms. The Bertz CT molecular complexity index is 948. The molecule has 2 aliphatic rings. The van der Waals surface area contributed by atoms with E-state index in [1.807, 2.05) is 23.1 Å². The molecule has 2 saturated heterocycles. The minimum atomic E-state index is -0.222. The molecule has 2 aliphatic heterocycles. The van der Waals surface area contributed by atoms with Crippen LogP contribution in [0.5, 0.6) is 0 Å². The monoisotopic (exact) mass is 467 g/mol. The Morgan fingerprint density at radius 2 is 1.47 bits per heavy atom. The second-order valence-electron chi connectivity index (χ2n) is 9.16. The number of hydrogen-bond donors (Lipinski definition) is 0. The molecule has 2 fully saturated rings. The van der Waals surface area contributed by atoms with Gasteiger partial charge in [0.15, 0.2) is 15.1 Å². The van der Waals surface area contributed by atoms with Crippen LogP contribution in [0, 0.1) is 0 Å². The molecule has 2 heterocycles. The highest BCUT2D eigenvalue weighted by Crippen LogP contribution is 2.44. The van der Waals surface area contributed by atoms with E-state index in [4.69, 9.17) is 0 Å². The van der Waals surface area contributed by atoms with E-state index in [-0.39, 0.29) is 21.0 Å². The molecule has 2 aromatic rings. The summed E-state index contributed by atoms with van der Waals surface area (Å²) in [5, 5.41) is 0. The summed E-state index contributed by atoms with van der Waals surface area (Å²) in [6.07, 6.45) is 9.55. The van der Waals surface area contributed by atoms with Gasteiger partial charge in [-0.2, -0.15) is 0 Å². The number of rotatable bonds is 7. The number of benzene rings is 2. The van der Waals surface area contributed by atoms with Crippen molar-refractivity contribution in [3.05, 3.63) is 71.3 Å². The van der Waals surface area contributed by atoms with Crippen molar-refractivity contribution >= 4 is 33.6 Å². The van der Waals surface area contributed by atoms with Crippen LogP contribution < -0.4 is 0 Å². The minimum Gasteiger partial charge on any atom is -0.336 e. The van der Waals surface area contributed by atoms with Crippen molar-refractivity contribution in [1.29, 1.82) is 0 Å². The van der Waals surface area contributed by atoms with Crippen molar-refractivity contribution in [1.82, 2.24) is 14.7 Å². The average Bonchev–Trinajstić information content (AvgIpc) is 2.76. The predicted octanol–water partition coefficient (Wildman–Crippen LogP) is 4.09. The Balaban J connectivity index is 1.26. The number of nitrogens with zero attached hydrogens (tertiary/aromatic N) is 3. The molecule has 0 aromatic heterocycles. The average molecular weight is 468 g/mol. The van der Waals surface area contributed by atoms with Crippen LogP contribution in [0.4, 0.5) is 0 Å². The number of amides is 1. The van der Waals surface area contributed by atoms with Gasteiger partial charge in [0.05, 0.1) is 12.6 Å². The van der Waals surface area contributed by atoms with Gasteiger partial charge in [-0.05, 0) is 29.7 Å². The summed E-state index contributed by atoms with van der Waals surface area (Å²) in [5.41, 5.74) is 3.91. The molecular formula is C26H35N3OP2+2. The van der Waals surface area contributed by atoms with Crippen LogP contribution in [0.25, 0.3) is 0 Å². The van der Waals surface area contributed by atoms with Gasteiger partial charge in [0.25, 0.3) is 5.91 Å². The van der Waals surface area contributed by atoms with E-state index in [0.29, 0.717) is 11.6 Å². The molecule has 2 atom stereocenters. The number of carbonyl (C=O) groups excluding carboxylic acids is 1. The highest BCUT2D eigenvalue weighted by molar-refractivity contribution is 7.72. The van der Waals surface area contributed by atoms with Gasteiger partial charge in [0.2, 0.25) is 0 Å². The SMILES string of the molecule is C=[P+](C)C(N1CC(N2CCN(C(=O)c3ccc(Cc4ccccc4)cc3)CC2)C1)[P+](=C)C. The maximum Gasteiger partial charge on any atom is 0.316 e. The van der Waals surface area contributed by atoms with Crippen molar-refractivity contribution in [2.24, 2.45) is 0 Å². The molecule has 0 spiro atoms. The number of piperazine rings is 1. The quantitative estimate of drug-likeness (QED) is 0.574. The summed E-state index contributed by atoms with van der Waals surface area (Å²) in [6, 6.07) is 19.2. The zero-order valence-electron chi connectivity index (χ0n) is 19.4. The molecule has 0 aliphatic carbocycles. The van der Waals surface area contributed by atoms with Gasteiger partial charge in [-0.25, -0.2) is 4.90 Å². The van der Waals surface area contributed by atoms with Gasteiger partial charge >= 0.3 is 5.52 Å². The van der Waals surface area contributed by atoms with Crippen LogP contribution >= 0.6 is 15.1 Å². The van der Waals surface area contributed by atoms with E-state index in [1.54, 1.807) is 0 Å². The summed E-state index contributed by atoms with van der Waals surface area (Å²) < 4.78 is 0. The van der Waals surface area contributed by atoms with Gasteiger partial charge in [-0.1, -0.05) is 42.5 Å². The molecule has 2 unspecified atom stereocenters. The van der Waals surface area contributed by atoms with Gasteiger partial charge in [0, 0.05) is 50.9 Å². The second kappa shape index (κ2) is 10.4. The summed E-state index contributed by atoms with van der Waals surface area (Å²) in [5.74, 6) is 0.161. The summed E-state index contributed by atoms with van der Waals surface area (Å²) in [4.78, 5) is 20.2. The Morgan fingerprint density at radius 3 is 2.03 bits per heavy atom. The molecule has 168 valence electrons. The molecule has 0 saturated carbocycles. The van der Waals surface area contributed by atoms with Crippen molar-refractivity contribution in [3.8, 4) is 0 Å². The van der Waals surface area contributed by atoms with E-state index < -0.39 is 0 Å². The maximum absolute atomic E-state index is 13.0. The van der Waals surface area contributed by atoms with Crippen LogP contribution in [-0.4, -0.2) is 97.4 Å². The predicted molar refractivity (Wildman–Crippen MR) is 142 cm³/mol. The lowest BCUT2D eigenvalue weighted by atomic mass is 10.0. The van der Waals surface area contributed by atoms with Gasteiger partial charge in [-0.15, -0.1) is 0 Å². The Hall–Kier alpha value is -1.83. The van der Waals surface area contributed by atoms with Crippen molar-refractivity contribution < 1.29 is 4.79 Å². The molecule has 4 nitrogen and oxygen atoms in total. The molecule has 0 N–H and O–H groups in total. The molecule has 4 rings (SSSR count). The molecule has 1 amide bonds. The first-order chi connectivity index (χ1) is 15.4. The second-order valence-corrected chi connectivity index (χ2v) is 13.6. The minimum absolute atomic E-state index is 0.161. The van der Waals surface area contributed by atoms with Crippen LogP contribution in [0.3, 0.4) is 0 Å². The van der Waals surface area contributed by atoms with E-state index >= 15 is 0 Å². The number of hydrogen-bond acceptors (Lipinski definition) is 3. The molecule has 2 aromatic carbocycles. The van der Waals surface area contributed by atoms with Crippen LogP contribution in [0.2, 0.25) is 0 Å². The fourth-order valence-corrected chi connectivity index (χ4v) is 9.06. The topological polar surface area (TPSA) is 26.8 Å². The summed E-state index contributed by atoms with van der Waals surface area (Å²) >= 11 is 0. The normalized spacial score (nSPS) is 19.9. The first-order valence-electron chi connectivity index (χ1n) is 11.4. The highest BCUT2D eigenvalue weighted by atomic mass is 31.2. The highest BCUT2D eigenvalue weighted by Gasteiger charge is 2.45. The lowest BCUT2D eigenvalue weighted by Gasteiger charge is -2.47. The number of carbonyl (C=O) groups is 1. The first-order valence-corrected chi connectivity index (χ1v) is 15.5. The zero-order valence-corrected chi connectivity index (χ0v) is 21.1. The fourth-order valence-electron chi connectivity index (χ4n) is 4.87. The third-order valence-electron chi connectivity index (χ3n) is 6.58. The maximum atomic E-state index is 13.0. The largest absolute Gasteiger partial charge is 0.336 e. The molecule has 6 heteroatoms. The van der Waals surface area contributed by atoms with E-state index in [1.165, 1.54) is 11.1 Å². The van der Waals surface area contributed by atoms with Crippen molar-refractivity contribution in [2.45, 2.75) is 18.0 Å². The van der Waals surface area contributed by atoms with Crippen LogP contribution in [-0.2, 0) is 6.42 Å². The Morgan fingerprint density at radius 1 is 0.906 bits per heavy atom. The van der Waals surface area contributed by atoms with E-state index in [0.717, 1.165) is 51.3 Å². The molecule has 0 radical (unpaired) electrons. The van der Waals surface area contributed by atoms with Crippen molar-refractivity contribution in [3.63, 3.8) is 0 Å². The lowest BCUT2D eigenvalue weighted by molar-refractivity contribution is 0.0104. The third kappa shape index (κ3) is 5.38. The van der Waals surface area contributed by atoms with E-state index in [2.05, 4.69) is 72.1 Å². The molecular weight excluding hydrogens is 432 g/mol. The summed E-state index contributed by atoms with van der Waals surface area (Å²) in [6.45, 7) is 10.4. The smallest absolute Gasteiger partial charge is 0.316 e. The van der Waals surface area contributed by atoms with E-state index in [9.17, 15) is 4.79 Å². The fraction of sp³-hybridized carbons (Fsp3) is 0.423. The van der Waals surface area contributed by atoms with Gasteiger partial charge in [0.1, 0.15) is 13.3 Å². The Labute approximate surface area is 195 Å². The standard InChI is InChI=1S/C26H35N3OP2/c1-31(2)26(32(3)4)29-19-24(20-29)27-14-16-28(17-15-27)25(30)23-12-10-22(11-13-23)18-21-8-6-5-7-9-21/h5-13,24,26H,1,3,14-20H2,2,4H3/q+2. The Kier molecular flexibility index (Phi) is 7.59. The number of likely N-dealkylation sites (tertiary alicyclic amines) is 1. The molecule has 32 heavy (non-hydrogen) atoms. The van der Waals surface area contributed by atoms with Gasteiger partial charge < -0.3 is 4.90 Å². The third-order valence-corrected chi connectivity index (χ3v) is 11.2.